The van der Waals surface area contributed by atoms with Gasteiger partial charge in [0.25, 0.3) is 0 Å². The topological polar surface area (TPSA) is 18.5 Å². The highest BCUT2D eigenvalue weighted by molar-refractivity contribution is 4.93. The number of ether oxygens (including phenoxy) is 2. The maximum Gasteiger partial charge on any atom is 0.213 e. The van der Waals surface area contributed by atoms with Crippen molar-refractivity contribution in [2.45, 2.75) is 31.5 Å². The smallest absolute Gasteiger partial charge is 0.213 e. The van der Waals surface area contributed by atoms with Crippen molar-refractivity contribution in [2.75, 3.05) is 6.61 Å². The lowest BCUT2D eigenvalue weighted by molar-refractivity contribution is -0.215. The predicted octanol–water partition coefficient (Wildman–Crippen LogP) is 1.82. The summed E-state index contributed by atoms with van der Waals surface area (Å²) >= 11 is 0. The molecule has 0 N–H and O–H groups in total. The molecule has 1 saturated heterocycles. The lowest BCUT2D eigenvalue weighted by Gasteiger charge is -2.32. The molecule has 2 rings (SSSR count). The highest BCUT2D eigenvalue weighted by Gasteiger charge is 2.35. The van der Waals surface area contributed by atoms with Crippen LogP contribution in [0.1, 0.15) is 25.7 Å². The molecule has 2 aliphatic heterocycles. The molecule has 2 aliphatic rings. The Morgan fingerprint density at radius 2 is 2.30 bits per heavy atom. The van der Waals surface area contributed by atoms with Crippen molar-refractivity contribution in [1.29, 1.82) is 0 Å². The lowest BCUT2D eigenvalue weighted by Crippen LogP contribution is -2.34. The zero-order valence-electron chi connectivity index (χ0n) is 6.01. The zero-order chi connectivity index (χ0) is 6.86. The van der Waals surface area contributed by atoms with Crippen molar-refractivity contribution in [3.63, 3.8) is 0 Å². The van der Waals surface area contributed by atoms with Gasteiger partial charge in [-0.25, -0.2) is 0 Å². The summed E-state index contributed by atoms with van der Waals surface area (Å²) in [6.07, 6.45) is 8.20. The standard InChI is InChI=1S/C8H12O2/c1-2-6-9-8(4-1)5-3-7-10-8/h3,7H,1-2,4-6H2. The van der Waals surface area contributed by atoms with Gasteiger partial charge in [-0.15, -0.1) is 0 Å². The molecular formula is C8H12O2. The van der Waals surface area contributed by atoms with Crippen molar-refractivity contribution in [2.24, 2.45) is 0 Å². The van der Waals surface area contributed by atoms with Crippen molar-refractivity contribution >= 4 is 0 Å². The molecule has 0 saturated carbocycles. The second-order valence-electron chi connectivity index (χ2n) is 2.91. The van der Waals surface area contributed by atoms with Crippen LogP contribution in [0.3, 0.4) is 0 Å². The molecule has 56 valence electrons. The molecule has 1 spiro atoms. The summed E-state index contributed by atoms with van der Waals surface area (Å²) in [5, 5.41) is 0. The zero-order valence-corrected chi connectivity index (χ0v) is 6.01. The predicted molar refractivity (Wildman–Crippen MR) is 37.4 cm³/mol. The first kappa shape index (κ1) is 6.23. The van der Waals surface area contributed by atoms with Crippen LogP contribution in [-0.2, 0) is 9.47 Å². The van der Waals surface area contributed by atoms with E-state index < -0.39 is 0 Å². The van der Waals surface area contributed by atoms with Crippen LogP contribution in [0.15, 0.2) is 12.3 Å². The molecule has 2 heteroatoms. The van der Waals surface area contributed by atoms with Crippen molar-refractivity contribution < 1.29 is 9.47 Å². The quantitative estimate of drug-likeness (QED) is 0.511. The average Bonchev–Trinajstić information content (AvgIpc) is 2.39. The van der Waals surface area contributed by atoms with Crippen LogP contribution in [0, 0.1) is 0 Å². The number of hydrogen-bond acceptors (Lipinski definition) is 2. The lowest BCUT2D eigenvalue weighted by atomic mass is 10.0. The van der Waals surface area contributed by atoms with Gasteiger partial charge in [0, 0.05) is 12.8 Å². The Hall–Kier alpha value is -0.500. The van der Waals surface area contributed by atoms with E-state index in [0.717, 1.165) is 19.4 Å². The van der Waals surface area contributed by atoms with E-state index in [1.165, 1.54) is 12.8 Å². The summed E-state index contributed by atoms with van der Waals surface area (Å²) in [4.78, 5) is 0. The molecule has 10 heavy (non-hydrogen) atoms. The summed E-state index contributed by atoms with van der Waals surface area (Å²) in [6, 6.07) is 0. The van der Waals surface area contributed by atoms with Crippen LogP contribution in [0.5, 0.6) is 0 Å². The molecule has 0 radical (unpaired) electrons. The van der Waals surface area contributed by atoms with Gasteiger partial charge in [0.1, 0.15) is 0 Å². The summed E-state index contributed by atoms with van der Waals surface area (Å²) < 4.78 is 10.9. The van der Waals surface area contributed by atoms with Crippen molar-refractivity contribution in [3.8, 4) is 0 Å². The maximum absolute atomic E-state index is 5.54. The van der Waals surface area contributed by atoms with Gasteiger partial charge in [0.15, 0.2) is 0 Å². The fourth-order valence-electron chi connectivity index (χ4n) is 1.53. The summed E-state index contributed by atoms with van der Waals surface area (Å²) in [5.41, 5.74) is 0. The molecule has 0 aromatic rings. The molecule has 2 nitrogen and oxygen atoms in total. The first-order chi connectivity index (χ1) is 4.91. The van der Waals surface area contributed by atoms with E-state index >= 15 is 0 Å². The Balaban J connectivity index is 2.00. The highest BCUT2D eigenvalue weighted by Crippen LogP contribution is 2.33. The van der Waals surface area contributed by atoms with Crippen LogP contribution < -0.4 is 0 Å². The number of rotatable bonds is 0. The van der Waals surface area contributed by atoms with Gasteiger partial charge in [-0.1, -0.05) is 0 Å². The minimum Gasteiger partial charge on any atom is -0.470 e. The van der Waals surface area contributed by atoms with Gasteiger partial charge < -0.3 is 9.47 Å². The summed E-state index contributed by atoms with van der Waals surface area (Å²) in [5.74, 6) is -0.238. The van der Waals surface area contributed by atoms with Crippen molar-refractivity contribution in [3.05, 3.63) is 12.3 Å². The molecular weight excluding hydrogens is 128 g/mol. The SMILES string of the molecule is C1=COC2(C1)CCCCO2. The first-order valence-electron chi connectivity index (χ1n) is 3.88. The Bertz CT molecular complexity index is 135. The van der Waals surface area contributed by atoms with E-state index in [1.54, 1.807) is 6.26 Å². The van der Waals surface area contributed by atoms with E-state index in [4.69, 9.17) is 9.47 Å². The molecule has 2 heterocycles. The van der Waals surface area contributed by atoms with E-state index in [2.05, 4.69) is 0 Å². The summed E-state index contributed by atoms with van der Waals surface area (Å²) in [7, 11) is 0. The second-order valence-corrected chi connectivity index (χ2v) is 2.91. The third kappa shape index (κ3) is 0.926. The first-order valence-corrected chi connectivity index (χ1v) is 3.88. The van der Waals surface area contributed by atoms with Crippen molar-refractivity contribution in [1.82, 2.24) is 0 Å². The van der Waals surface area contributed by atoms with Gasteiger partial charge in [0.05, 0.1) is 12.9 Å². The Morgan fingerprint density at radius 3 is 2.90 bits per heavy atom. The van der Waals surface area contributed by atoms with Crippen LogP contribution in [0.4, 0.5) is 0 Å². The van der Waals surface area contributed by atoms with Gasteiger partial charge in [-0.3, -0.25) is 0 Å². The molecule has 0 bridgehead atoms. The third-order valence-electron chi connectivity index (χ3n) is 2.13. The largest absolute Gasteiger partial charge is 0.470 e. The second kappa shape index (κ2) is 2.27. The monoisotopic (exact) mass is 140 g/mol. The van der Waals surface area contributed by atoms with Gasteiger partial charge in [0.2, 0.25) is 5.79 Å². The molecule has 0 amide bonds. The molecule has 0 aliphatic carbocycles. The molecule has 1 unspecified atom stereocenters. The van der Waals surface area contributed by atoms with E-state index in [-0.39, 0.29) is 5.79 Å². The molecule has 1 fully saturated rings. The van der Waals surface area contributed by atoms with Crippen LogP contribution in [0.25, 0.3) is 0 Å². The van der Waals surface area contributed by atoms with Crippen LogP contribution in [0.2, 0.25) is 0 Å². The molecule has 1 atom stereocenters. The van der Waals surface area contributed by atoms with E-state index in [0.29, 0.717) is 0 Å². The minimum absolute atomic E-state index is 0.238. The fourth-order valence-corrected chi connectivity index (χ4v) is 1.53. The Morgan fingerprint density at radius 1 is 1.30 bits per heavy atom. The van der Waals surface area contributed by atoms with Gasteiger partial charge in [-0.05, 0) is 18.9 Å². The van der Waals surface area contributed by atoms with Gasteiger partial charge in [-0.2, -0.15) is 0 Å². The van der Waals surface area contributed by atoms with Crippen LogP contribution >= 0.6 is 0 Å². The maximum atomic E-state index is 5.54. The third-order valence-corrected chi connectivity index (χ3v) is 2.13. The molecule has 0 aromatic heterocycles. The summed E-state index contributed by atoms with van der Waals surface area (Å²) in [6.45, 7) is 0.863. The molecule has 0 aromatic carbocycles. The van der Waals surface area contributed by atoms with Gasteiger partial charge >= 0.3 is 0 Å². The Kier molecular flexibility index (Phi) is 1.42. The van der Waals surface area contributed by atoms with E-state index in [1.807, 2.05) is 6.08 Å². The minimum atomic E-state index is -0.238. The fraction of sp³-hybridized carbons (Fsp3) is 0.750. The average molecular weight is 140 g/mol. The van der Waals surface area contributed by atoms with E-state index in [9.17, 15) is 0 Å². The number of hydrogen-bond donors (Lipinski definition) is 0. The normalized spacial score (nSPS) is 38.4. The Labute approximate surface area is 60.8 Å². The van der Waals surface area contributed by atoms with Crippen LogP contribution in [-0.4, -0.2) is 12.4 Å². The highest BCUT2D eigenvalue weighted by atomic mass is 16.7.